The lowest BCUT2D eigenvalue weighted by Crippen LogP contribution is -2.14. The van der Waals surface area contributed by atoms with Crippen LogP contribution >= 0.6 is 15.9 Å². The van der Waals surface area contributed by atoms with Crippen molar-refractivity contribution in [2.24, 2.45) is 0 Å². The Morgan fingerprint density at radius 1 is 1.05 bits per heavy atom. The van der Waals surface area contributed by atoms with Gasteiger partial charge in [-0.15, -0.1) is 0 Å². The zero-order chi connectivity index (χ0) is 15.0. The van der Waals surface area contributed by atoms with Crippen LogP contribution in [0.15, 0.2) is 53.1 Å². The molecule has 0 spiro atoms. The van der Waals surface area contributed by atoms with Crippen molar-refractivity contribution in [2.45, 2.75) is 12.6 Å². The Kier molecular flexibility index (Phi) is 3.49. The largest absolute Gasteiger partial charge is 0.394 e. The highest BCUT2D eigenvalue weighted by molar-refractivity contribution is 9.10. The number of imidazole rings is 1. The van der Waals surface area contributed by atoms with E-state index in [2.05, 4.69) is 20.9 Å². The summed E-state index contributed by atoms with van der Waals surface area (Å²) in [5, 5.41) is 0. The van der Waals surface area contributed by atoms with E-state index in [1.54, 1.807) is 48.7 Å². The van der Waals surface area contributed by atoms with Gasteiger partial charge in [-0.25, -0.2) is 4.98 Å². The maximum Gasteiger partial charge on any atom is 0.394 e. The van der Waals surface area contributed by atoms with Crippen molar-refractivity contribution >= 4 is 21.6 Å². The van der Waals surface area contributed by atoms with Gasteiger partial charge in [-0.1, -0.05) is 34.1 Å². The smallest absolute Gasteiger partial charge is 0.303 e. The van der Waals surface area contributed by atoms with Crippen LogP contribution < -0.4 is 0 Å². The SMILES string of the molecule is FC(F)(F)Cc1c(-c2ccc(Br)cc2)nc2ccccn12. The Morgan fingerprint density at radius 3 is 2.43 bits per heavy atom. The molecule has 6 heteroatoms. The van der Waals surface area contributed by atoms with Crippen LogP contribution in [-0.4, -0.2) is 15.6 Å². The predicted octanol–water partition coefficient (Wildman–Crippen LogP) is 4.87. The molecular weight excluding hydrogens is 345 g/mol. The molecule has 3 rings (SSSR count). The van der Waals surface area contributed by atoms with E-state index < -0.39 is 12.6 Å². The topological polar surface area (TPSA) is 17.3 Å². The highest BCUT2D eigenvalue weighted by Gasteiger charge is 2.31. The minimum atomic E-state index is -4.28. The first-order chi connectivity index (χ1) is 9.94. The molecule has 0 amide bonds. The summed E-state index contributed by atoms with van der Waals surface area (Å²) in [4.78, 5) is 4.34. The van der Waals surface area contributed by atoms with E-state index >= 15 is 0 Å². The molecule has 0 radical (unpaired) electrons. The molecule has 0 aliphatic rings. The summed E-state index contributed by atoms with van der Waals surface area (Å²) < 4.78 is 40.9. The van der Waals surface area contributed by atoms with Gasteiger partial charge in [0.25, 0.3) is 0 Å². The maximum atomic E-state index is 12.9. The number of rotatable bonds is 2. The summed E-state index contributed by atoms with van der Waals surface area (Å²) in [5.41, 5.74) is 1.70. The summed E-state index contributed by atoms with van der Waals surface area (Å²) >= 11 is 3.31. The van der Waals surface area contributed by atoms with Crippen LogP contribution in [0.25, 0.3) is 16.9 Å². The molecule has 0 aliphatic carbocycles. The fourth-order valence-electron chi connectivity index (χ4n) is 2.24. The molecule has 108 valence electrons. The lowest BCUT2D eigenvalue weighted by molar-refractivity contribution is -0.127. The molecule has 2 heterocycles. The van der Waals surface area contributed by atoms with E-state index in [0.717, 1.165) is 4.47 Å². The summed E-state index contributed by atoms with van der Waals surface area (Å²) in [6.45, 7) is 0. The number of alkyl halides is 3. The van der Waals surface area contributed by atoms with Crippen LogP contribution in [0.1, 0.15) is 5.69 Å². The third kappa shape index (κ3) is 2.95. The van der Waals surface area contributed by atoms with Crippen LogP contribution in [0, 0.1) is 0 Å². The predicted molar refractivity (Wildman–Crippen MR) is 78.1 cm³/mol. The molecule has 0 atom stereocenters. The molecule has 0 saturated carbocycles. The Balaban J connectivity index is 2.21. The molecule has 0 aliphatic heterocycles. The molecule has 2 nitrogen and oxygen atoms in total. The van der Waals surface area contributed by atoms with Crippen molar-refractivity contribution in [3.8, 4) is 11.3 Å². The summed E-state index contributed by atoms with van der Waals surface area (Å²) in [6, 6.07) is 12.2. The van der Waals surface area contributed by atoms with Gasteiger partial charge in [0, 0.05) is 16.2 Å². The van der Waals surface area contributed by atoms with Crippen molar-refractivity contribution in [1.82, 2.24) is 9.38 Å². The number of fused-ring (bicyclic) bond motifs is 1. The molecule has 3 aromatic rings. The van der Waals surface area contributed by atoms with E-state index in [-0.39, 0.29) is 5.69 Å². The lowest BCUT2D eigenvalue weighted by atomic mass is 10.1. The molecule has 0 N–H and O–H groups in total. The van der Waals surface area contributed by atoms with Gasteiger partial charge in [0.2, 0.25) is 0 Å². The van der Waals surface area contributed by atoms with Gasteiger partial charge in [0.05, 0.1) is 17.8 Å². The third-order valence-corrected chi connectivity index (χ3v) is 3.64. The Hall–Kier alpha value is -1.82. The van der Waals surface area contributed by atoms with Crippen molar-refractivity contribution < 1.29 is 13.2 Å². The maximum absolute atomic E-state index is 12.9. The number of hydrogen-bond donors (Lipinski definition) is 0. The number of halogens is 4. The highest BCUT2D eigenvalue weighted by Crippen LogP contribution is 2.30. The van der Waals surface area contributed by atoms with Gasteiger partial charge in [-0.05, 0) is 24.3 Å². The van der Waals surface area contributed by atoms with Gasteiger partial charge >= 0.3 is 6.18 Å². The lowest BCUT2D eigenvalue weighted by Gasteiger charge is -2.08. The average Bonchev–Trinajstić information content (AvgIpc) is 2.77. The molecule has 0 unspecified atom stereocenters. The molecule has 0 fully saturated rings. The van der Waals surface area contributed by atoms with E-state index in [1.165, 1.54) is 4.40 Å². The molecule has 0 saturated heterocycles. The number of aromatic nitrogens is 2. The second-order valence-electron chi connectivity index (χ2n) is 4.63. The van der Waals surface area contributed by atoms with Gasteiger partial charge in [-0.3, -0.25) is 0 Å². The van der Waals surface area contributed by atoms with E-state index in [4.69, 9.17) is 0 Å². The second-order valence-corrected chi connectivity index (χ2v) is 5.55. The van der Waals surface area contributed by atoms with Crippen molar-refractivity contribution in [1.29, 1.82) is 0 Å². The Labute approximate surface area is 127 Å². The minimum absolute atomic E-state index is 0.153. The summed E-state index contributed by atoms with van der Waals surface area (Å²) in [7, 11) is 0. The minimum Gasteiger partial charge on any atom is -0.303 e. The quantitative estimate of drug-likeness (QED) is 0.641. The zero-order valence-corrected chi connectivity index (χ0v) is 12.3. The van der Waals surface area contributed by atoms with Crippen molar-refractivity contribution in [3.63, 3.8) is 0 Å². The molecule has 2 aromatic heterocycles. The molecular formula is C15H10BrF3N2. The van der Waals surface area contributed by atoms with Gasteiger partial charge in [-0.2, -0.15) is 13.2 Å². The van der Waals surface area contributed by atoms with Gasteiger partial charge in [0.1, 0.15) is 5.65 Å². The van der Waals surface area contributed by atoms with E-state index in [1.807, 2.05) is 0 Å². The van der Waals surface area contributed by atoms with Crippen molar-refractivity contribution in [3.05, 3.63) is 58.8 Å². The van der Waals surface area contributed by atoms with Gasteiger partial charge in [0.15, 0.2) is 0 Å². The van der Waals surface area contributed by atoms with E-state index in [0.29, 0.717) is 16.9 Å². The van der Waals surface area contributed by atoms with Gasteiger partial charge < -0.3 is 4.40 Å². The van der Waals surface area contributed by atoms with Crippen LogP contribution in [-0.2, 0) is 6.42 Å². The normalized spacial score (nSPS) is 12.0. The summed E-state index contributed by atoms with van der Waals surface area (Å²) in [6.07, 6.45) is -3.69. The number of pyridine rings is 1. The first kappa shape index (κ1) is 14.1. The summed E-state index contributed by atoms with van der Waals surface area (Å²) in [5.74, 6) is 0. The monoisotopic (exact) mass is 354 g/mol. The fourth-order valence-corrected chi connectivity index (χ4v) is 2.51. The number of hydrogen-bond acceptors (Lipinski definition) is 1. The fraction of sp³-hybridized carbons (Fsp3) is 0.133. The van der Waals surface area contributed by atoms with Crippen LogP contribution in [0.2, 0.25) is 0 Å². The first-order valence-corrected chi connectivity index (χ1v) is 7.02. The standard InChI is InChI=1S/C15H10BrF3N2/c16-11-6-4-10(5-7-11)14-12(9-15(17,18)19)21-8-2-1-3-13(21)20-14/h1-8H,9H2. The first-order valence-electron chi connectivity index (χ1n) is 6.23. The zero-order valence-electron chi connectivity index (χ0n) is 10.7. The molecule has 0 bridgehead atoms. The van der Waals surface area contributed by atoms with Crippen LogP contribution in [0.5, 0.6) is 0 Å². The van der Waals surface area contributed by atoms with Crippen LogP contribution in [0.4, 0.5) is 13.2 Å². The third-order valence-electron chi connectivity index (χ3n) is 3.11. The molecule has 1 aromatic carbocycles. The second kappa shape index (κ2) is 5.18. The van der Waals surface area contributed by atoms with Crippen molar-refractivity contribution in [2.75, 3.05) is 0 Å². The Morgan fingerprint density at radius 2 is 1.76 bits per heavy atom. The average molecular weight is 355 g/mol. The highest BCUT2D eigenvalue weighted by atomic mass is 79.9. The Bertz CT molecular complexity index is 776. The number of nitrogens with zero attached hydrogens (tertiary/aromatic N) is 2. The van der Waals surface area contributed by atoms with E-state index in [9.17, 15) is 13.2 Å². The number of benzene rings is 1. The van der Waals surface area contributed by atoms with Crippen LogP contribution in [0.3, 0.4) is 0 Å². The molecule has 21 heavy (non-hydrogen) atoms.